The molecule has 73 heavy (non-hydrogen) atoms. The molecule has 8 heterocycles. The lowest BCUT2D eigenvalue weighted by atomic mass is 9.33. The number of hydrogen-bond donors (Lipinski definition) is 1. The van der Waals surface area contributed by atoms with Gasteiger partial charge in [-0.05, 0) is 187 Å². The summed E-state index contributed by atoms with van der Waals surface area (Å²) in [6.45, 7) is 2.81. The summed E-state index contributed by atoms with van der Waals surface area (Å²) in [7, 11) is 0. The molecule has 10 aliphatic rings. The van der Waals surface area contributed by atoms with Crippen LogP contribution in [0, 0.1) is 29.1 Å². The molecule has 5 aliphatic carbocycles. The van der Waals surface area contributed by atoms with Gasteiger partial charge in [-0.25, -0.2) is 0 Å². The van der Waals surface area contributed by atoms with E-state index in [0.29, 0.717) is 0 Å². The normalized spacial score (nSPS) is 27.8. The average Bonchev–Trinajstić information content (AvgIpc) is 4.26. The van der Waals surface area contributed by atoms with E-state index in [1.807, 2.05) is 42.9 Å². The van der Waals surface area contributed by atoms with Crippen molar-refractivity contribution < 1.29 is 9.47 Å². The van der Waals surface area contributed by atoms with Gasteiger partial charge in [0.1, 0.15) is 23.0 Å². The number of allylic oxidation sites excluding steroid dienone is 13. The van der Waals surface area contributed by atoms with Crippen LogP contribution in [0.2, 0.25) is 0 Å². The minimum Gasteiger partial charge on any atom is -0.462 e. The number of halogens is 1. The molecule has 2 aromatic carbocycles. The molecule has 360 valence electrons. The number of benzene rings is 2. The third-order valence-corrected chi connectivity index (χ3v) is 21.0. The minimum absolute atomic E-state index is 0.0708. The minimum atomic E-state index is -0.181. The van der Waals surface area contributed by atoms with Gasteiger partial charge < -0.3 is 14.8 Å². The molecule has 0 spiro atoms. The van der Waals surface area contributed by atoms with Crippen molar-refractivity contribution in [3.8, 4) is 50.9 Å². The topological polar surface area (TPSA) is 81.5 Å². The summed E-state index contributed by atoms with van der Waals surface area (Å²) in [5.74, 6) is 5.83. The maximum Gasteiger partial charge on any atom is 0.260 e. The Labute approximate surface area is 438 Å². The molecule has 4 bridgehead atoms. The predicted molar refractivity (Wildman–Crippen MR) is 305 cm³/mol. The summed E-state index contributed by atoms with van der Waals surface area (Å²) in [5, 5.41) is 3.42. The van der Waals surface area contributed by atoms with Crippen LogP contribution in [0.1, 0.15) is 88.8 Å². The zero-order valence-corrected chi connectivity index (χ0v) is 43.4. The molecule has 0 saturated heterocycles. The smallest absolute Gasteiger partial charge is 0.260 e. The molecule has 9 heteroatoms. The van der Waals surface area contributed by atoms with Crippen LogP contribution in [-0.2, 0) is 5.41 Å². The van der Waals surface area contributed by atoms with E-state index < -0.39 is 0 Å². The first kappa shape index (κ1) is 44.1. The summed E-state index contributed by atoms with van der Waals surface area (Å²) in [6, 6.07) is 24.3. The molecule has 7 nitrogen and oxygen atoms in total. The van der Waals surface area contributed by atoms with Gasteiger partial charge in [-0.3, -0.25) is 19.9 Å². The number of hydrogen-bond acceptors (Lipinski definition) is 7. The van der Waals surface area contributed by atoms with Crippen molar-refractivity contribution >= 4 is 53.2 Å². The maximum atomic E-state index is 7.62. The summed E-state index contributed by atoms with van der Waals surface area (Å²) < 4.78 is 18.9. The summed E-state index contributed by atoms with van der Waals surface area (Å²) in [4.78, 5) is 20.2. The number of aromatic nitrogens is 3. The molecule has 4 fully saturated rings. The maximum absolute atomic E-state index is 7.62. The summed E-state index contributed by atoms with van der Waals surface area (Å²) in [5.41, 5.74) is 17.5. The van der Waals surface area contributed by atoms with Gasteiger partial charge in [0.2, 0.25) is 0 Å². The highest BCUT2D eigenvalue weighted by Crippen LogP contribution is 2.62. The number of fused-ring (bicyclic) bond motifs is 7. The molecule has 5 aromatic rings. The second kappa shape index (κ2) is 17.3. The van der Waals surface area contributed by atoms with E-state index in [1.54, 1.807) is 5.57 Å². The molecule has 2 atom stereocenters. The summed E-state index contributed by atoms with van der Waals surface area (Å²) >= 11 is -0.181. The van der Waals surface area contributed by atoms with Crippen LogP contribution < -0.4 is 25.7 Å². The lowest BCUT2D eigenvalue weighted by Crippen LogP contribution is -2.53. The number of aliphatic imine (C=N–C) groups is 1. The Bertz CT molecular complexity index is 3470. The number of nitrogens with zero attached hydrogens (tertiary/aromatic N) is 4. The van der Waals surface area contributed by atoms with Crippen molar-refractivity contribution in [2.45, 2.75) is 83.0 Å². The molecule has 2 unspecified atom stereocenters. The van der Waals surface area contributed by atoms with Gasteiger partial charge in [0.15, 0.2) is 0 Å². The molecular formula is C64H57BIN5O2. The van der Waals surface area contributed by atoms with Crippen molar-refractivity contribution in [2.75, 3.05) is 6.54 Å². The van der Waals surface area contributed by atoms with Crippen molar-refractivity contribution in [1.82, 2.24) is 20.3 Å². The Morgan fingerprint density at radius 2 is 1.49 bits per heavy atom. The lowest BCUT2D eigenvalue weighted by molar-refractivity contribution is 0.266. The van der Waals surface area contributed by atoms with Crippen LogP contribution in [0.15, 0.2) is 178 Å². The fraction of sp³-hybridized carbons (Fsp3) is 0.297. The van der Waals surface area contributed by atoms with E-state index in [2.05, 4.69) is 125 Å². The molecular weight excluding hydrogens is 1010 g/mol. The summed E-state index contributed by atoms with van der Waals surface area (Å²) in [6.07, 6.45) is 42.3. The van der Waals surface area contributed by atoms with Gasteiger partial charge >= 0.3 is 0 Å². The van der Waals surface area contributed by atoms with E-state index in [0.717, 1.165) is 110 Å². The highest BCUT2D eigenvalue weighted by molar-refractivity contribution is 14.2. The van der Waals surface area contributed by atoms with Crippen LogP contribution in [0.3, 0.4) is 0 Å². The molecule has 15 rings (SSSR count). The number of pyridine rings is 3. The Kier molecular flexibility index (Phi) is 10.5. The Morgan fingerprint density at radius 3 is 2.21 bits per heavy atom. The Balaban J connectivity index is 0.930. The SMILES string of the molecule is CC1=C(c2ccc(-c3cc(C45CCC(CC4)C5)cc4c3Oc3cc(-c5ccc(-c6ccccn6)nc5)cc5c3B4C3=C(O5)C(C4C=CC(C5=IC=CC=C5)=NC4)CC(C45CCC(CC4)C5)=C3)cn2)C=CC=CN1. The Morgan fingerprint density at radius 1 is 0.726 bits per heavy atom. The fourth-order valence-corrected chi connectivity index (χ4v) is 16.7. The van der Waals surface area contributed by atoms with Crippen LogP contribution in [0.4, 0.5) is 0 Å². The zero-order valence-electron chi connectivity index (χ0n) is 41.3. The first-order valence-electron chi connectivity index (χ1n) is 26.8. The number of rotatable bonds is 8. The van der Waals surface area contributed by atoms with Crippen LogP contribution in [-0.4, -0.2) is 37.4 Å². The van der Waals surface area contributed by atoms with Crippen LogP contribution >= 0.6 is 20.7 Å². The van der Waals surface area contributed by atoms with Gasteiger partial charge in [0.05, 0.1) is 22.8 Å². The second-order valence-corrected chi connectivity index (χ2v) is 25.0. The van der Waals surface area contributed by atoms with Crippen molar-refractivity contribution in [2.24, 2.45) is 34.1 Å². The van der Waals surface area contributed by atoms with Crippen molar-refractivity contribution in [1.29, 1.82) is 0 Å². The highest BCUT2D eigenvalue weighted by Gasteiger charge is 2.53. The quantitative estimate of drug-likeness (QED) is 0.123. The fourth-order valence-electron chi connectivity index (χ4n) is 14.8. The van der Waals surface area contributed by atoms with E-state index in [4.69, 9.17) is 24.4 Å². The average molecular weight is 1070 g/mol. The third kappa shape index (κ3) is 7.37. The van der Waals surface area contributed by atoms with Gasteiger partial charge in [0.25, 0.3) is 6.71 Å². The van der Waals surface area contributed by atoms with Gasteiger partial charge in [-0.1, -0.05) is 87.0 Å². The van der Waals surface area contributed by atoms with Crippen molar-refractivity contribution in [3.05, 3.63) is 184 Å². The lowest BCUT2D eigenvalue weighted by Gasteiger charge is -2.43. The van der Waals surface area contributed by atoms with Gasteiger partial charge in [0, 0.05) is 80.1 Å². The van der Waals surface area contributed by atoms with Gasteiger partial charge in [-0.2, -0.15) is 0 Å². The van der Waals surface area contributed by atoms with E-state index in [1.165, 1.54) is 84.2 Å². The number of dihydropyridines is 1. The first-order chi connectivity index (χ1) is 35.9. The van der Waals surface area contributed by atoms with E-state index in [9.17, 15) is 0 Å². The van der Waals surface area contributed by atoms with Gasteiger partial charge in [-0.15, -0.1) is 0 Å². The number of nitrogens with one attached hydrogen (secondary N) is 1. The standard InChI is InChI=1S/C64H57BIN5O2/c1-39-48(8-3-6-26-67-39)54-14-12-43(37-69-54)49-30-46(63-21-17-40(34-63)18-22-63)32-51-61(49)72-58-28-45(42-11-16-57(71-36-42)56-10-4-7-27-68-56)29-59-60(58)65(51)52-33-47(64-23-19-41(35-64)20-24-64)31-50(62(52)73-59)44-13-15-55(70-38-44)53-9-2-5-25-66-53/h2-16,25-30,32-33,36-37,40-41,44,50,67H,17-24,31,34-35,38H2,1H3. The predicted octanol–water partition coefficient (Wildman–Crippen LogP) is 13.4. The van der Waals surface area contributed by atoms with Crippen LogP contribution in [0.5, 0.6) is 17.2 Å². The van der Waals surface area contributed by atoms with E-state index in [-0.39, 0.29) is 50.1 Å². The molecule has 5 aliphatic heterocycles. The monoisotopic (exact) mass is 1070 g/mol. The largest absolute Gasteiger partial charge is 0.462 e. The second-order valence-electron chi connectivity index (χ2n) is 22.5. The van der Waals surface area contributed by atoms with Crippen molar-refractivity contribution in [3.63, 3.8) is 0 Å². The highest BCUT2D eigenvalue weighted by atomic mass is 127. The molecule has 0 radical (unpaired) electrons. The third-order valence-electron chi connectivity index (χ3n) is 18.6. The Hall–Kier alpha value is -6.46. The molecule has 1 N–H and O–H groups in total. The molecule has 4 saturated carbocycles. The van der Waals surface area contributed by atoms with Crippen LogP contribution in [0.25, 0.3) is 39.2 Å². The zero-order chi connectivity index (χ0) is 48.3. The molecule has 0 amide bonds. The first-order valence-corrected chi connectivity index (χ1v) is 29.2. The van der Waals surface area contributed by atoms with E-state index >= 15 is 0 Å². The molecule has 3 aromatic heterocycles. The number of ether oxygens (including phenoxy) is 2.